The first kappa shape index (κ1) is 25.3. The lowest BCUT2D eigenvalue weighted by atomic mass is 9.98. The molecule has 0 unspecified atom stereocenters. The Labute approximate surface area is 222 Å². The number of nitrogens with one attached hydrogen (secondary N) is 1. The van der Waals surface area contributed by atoms with Crippen molar-refractivity contribution in [2.75, 3.05) is 0 Å². The fourth-order valence-electron chi connectivity index (χ4n) is 4.94. The summed E-state index contributed by atoms with van der Waals surface area (Å²) in [5, 5.41) is 14.2. The van der Waals surface area contributed by atoms with Crippen molar-refractivity contribution < 1.29 is 0 Å². The third kappa shape index (κ3) is 4.94. The number of nitrogens with zero attached hydrogens (tertiary/aromatic N) is 6. The van der Waals surface area contributed by atoms with Gasteiger partial charge >= 0.3 is 5.69 Å². The van der Waals surface area contributed by atoms with Crippen LogP contribution in [0.15, 0.2) is 71.8 Å². The topological polar surface area (TPSA) is 94.3 Å². The predicted molar refractivity (Wildman–Crippen MR) is 149 cm³/mol. The Morgan fingerprint density at radius 2 is 1.84 bits per heavy atom. The van der Waals surface area contributed by atoms with E-state index in [1.807, 2.05) is 39.6 Å². The first-order valence-electron chi connectivity index (χ1n) is 13.2. The Morgan fingerprint density at radius 1 is 1.03 bits per heavy atom. The van der Waals surface area contributed by atoms with Crippen molar-refractivity contribution in [2.45, 2.75) is 59.4 Å². The maximum atomic E-state index is 13.8. The summed E-state index contributed by atoms with van der Waals surface area (Å²) in [4.78, 5) is 18.4. The van der Waals surface area contributed by atoms with Crippen LogP contribution in [0.4, 0.5) is 0 Å². The minimum atomic E-state index is 0.00112. The number of aromatic amines is 1. The SMILES string of the molecule is CCCCc1cn(-c2c(C)cccc2C(C)C)c(=O)n1Cc1ccc(-c2ncccc2-c2nnn[nH]2)cc1. The van der Waals surface area contributed by atoms with Crippen LogP contribution in [0.3, 0.4) is 0 Å². The molecule has 5 rings (SSSR count). The van der Waals surface area contributed by atoms with Crippen LogP contribution in [0.25, 0.3) is 28.3 Å². The van der Waals surface area contributed by atoms with Crippen molar-refractivity contribution in [3.05, 3.63) is 99.9 Å². The Balaban J connectivity index is 1.51. The molecule has 2 aromatic carbocycles. The number of para-hydroxylation sites is 1. The highest BCUT2D eigenvalue weighted by molar-refractivity contribution is 5.76. The van der Waals surface area contributed by atoms with Crippen molar-refractivity contribution in [2.24, 2.45) is 0 Å². The van der Waals surface area contributed by atoms with Crippen LogP contribution in [0.1, 0.15) is 61.9 Å². The number of rotatable bonds is 9. The summed E-state index contributed by atoms with van der Waals surface area (Å²) in [6, 6.07) is 18.3. The standard InChI is InChI=1S/C30H33N7O/c1-5-6-10-24-19-37(28-21(4)9-7-11-25(28)20(2)3)30(38)36(24)18-22-13-15-23(16-14-22)27-26(12-8-17-31-27)29-32-34-35-33-29/h7-9,11-17,19-20H,5-6,10,18H2,1-4H3,(H,32,33,34,35). The molecule has 0 amide bonds. The molecule has 0 bridgehead atoms. The van der Waals surface area contributed by atoms with E-state index >= 15 is 0 Å². The van der Waals surface area contributed by atoms with Gasteiger partial charge in [0.15, 0.2) is 5.82 Å². The van der Waals surface area contributed by atoms with Gasteiger partial charge in [0.2, 0.25) is 0 Å². The van der Waals surface area contributed by atoms with E-state index in [1.54, 1.807) is 6.20 Å². The number of pyridine rings is 1. The van der Waals surface area contributed by atoms with Crippen molar-refractivity contribution in [1.29, 1.82) is 0 Å². The van der Waals surface area contributed by atoms with Gasteiger partial charge < -0.3 is 0 Å². The van der Waals surface area contributed by atoms with Crippen LogP contribution in [-0.2, 0) is 13.0 Å². The fourth-order valence-corrected chi connectivity index (χ4v) is 4.94. The van der Waals surface area contributed by atoms with Gasteiger partial charge in [-0.05, 0) is 64.9 Å². The first-order valence-corrected chi connectivity index (χ1v) is 13.2. The Morgan fingerprint density at radius 3 is 2.55 bits per heavy atom. The van der Waals surface area contributed by atoms with Crippen molar-refractivity contribution in [3.8, 4) is 28.3 Å². The number of H-pyrrole nitrogens is 1. The summed E-state index contributed by atoms with van der Waals surface area (Å²) in [5.41, 5.74) is 8.00. The molecule has 3 heterocycles. The molecule has 0 saturated carbocycles. The van der Waals surface area contributed by atoms with E-state index < -0.39 is 0 Å². The zero-order chi connectivity index (χ0) is 26.6. The number of aromatic nitrogens is 7. The monoisotopic (exact) mass is 507 g/mol. The molecule has 0 spiro atoms. The van der Waals surface area contributed by atoms with Gasteiger partial charge in [-0.15, -0.1) is 5.10 Å². The van der Waals surface area contributed by atoms with E-state index in [1.165, 1.54) is 5.56 Å². The molecule has 194 valence electrons. The van der Waals surface area contributed by atoms with E-state index in [0.29, 0.717) is 18.3 Å². The lowest BCUT2D eigenvalue weighted by Gasteiger charge is -2.15. The highest BCUT2D eigenvalue weighted by Crippen LogP contribution is 2.28. The largest absolute Gasteiger partial charge is 0.333 e. The average Bonchev–Trinajstić information content (AvgIpc) is 3.57. The number of aryl methyl sites for hydroxylation is 2. The smallest absolute Gasteiger partial charge is 0.292 e. The Kier molecular flexibility index (Phi) is 7.31. The van der Waals surface area contributed by atoms with Gasteiger partial charge in [0.25, 0.3) is 0 Å². The summed E-state index contributed by atoms with van der Waals surface area (Å²) in [6.07, 6.45) is 6.78. The van der Waals surface area contributed by atoms with Gasteiger partial charge in [-0.1, -0.05) is 69.7 Å². The summed E-state index contributed by atoms with van der Waals surface area (Å²) < 4.78 is 3.78. The van der Waals surface area contributed by atoms with Crippen molar-refractivity contribution in [3.63, 3.8) is 0 Å². The number of hydrogen-bond donors (Lipinski definition) is 1. The molecule has 0 fully saturated rings. The third-order valence-electron chi connectivity index (χ3n) is 6.96. The lowest BCUT2D eigenvalue weighted by molar-refractivity contribution is 0.673. The molecule has 8 heteroatoms. The summed E-state index contributed by atoms with van der Waals surface area (Å²) in [5.74, 6) is 0.888. The zero-order valence-electron chi connectivity index (χ0n) is 22.3. The molecule has 3 aromatic heterocycles. The molecule has 0 atom stereocenters. The van der Waals surface area contributed by atoms with Crippen LogP contribution in [0.2, 0.25) is 0 Å². The maximum Gasteiger partial charge on any atom is 0.333 e. The fraction of sp³-hybridized carbons (Fsp3) is 0.300. The molecular formula is C30H33N7O. The van der Waals surface area contributed by atoms with Gasteiger partial charge in [0.05, 0.1) is 17.9 Å². The first-order chi connectivity index (χ1) is 18.5. The minimum Gasteiger partial charge on any atom is -0.292 e. The highest BCUT2D eigenvalue weighted by Gasteiger charge is 2.18. The molecule has 5 aromatic rings. The van der Waals surface area contributed by atoms with Crippen molar-refractivity contribution >= 4 is 0 Å². The molecule has 8 nitrogen and oxygen atoms in total. The molecule has 0 saturated heterocycles. The van der Waals surface area contributed by atoms with Crippen LogP contribution in [-0.4, -0.2) is 34.7 Å². The van der Waals surface area contributed by atoms with Gasteiger partial charge in [0, 0.05) is 29.2 Å². The molecule has 0 radical (unpaired) electrons. The minimum absolute atomic E-state index is 0.00112. The number of tetrazole rings is 1. The van der Waals surface area contributed by atoms with Crippen molar-refractivity contribution in [1.82, 2.24) is 34.7 Å². The molecule has 0 aliphatic carbocycles. The molecule has 0 aliphatic heterocycles. The number of unbranched alkanes of at least 4 members (excludes halogenated alkanes) is 1. The normalized spacial score (nSPS) is 11.4. The van der Waals surface area contributed by atoms with Gasteiger partial charge in [-0.25, -0.2) is 9.89 Å². The van der Waals surface area contributed by atoms with E-state index in [0.717, 1.165) is 58.6 Å². The van der Waals surface area contributed by atoms with E-state index in [2.05, 4.69) is 83.6 Å². The van der Waals surface area contributed by atoms with Crippen LogP contribution in [0, 0.1) is 6.92 Å². The van der Waals surface area contributed by atoms with Crippen LogP contribution >= 0.6 is 0 Å². The molecule has 1 N–H and O–H groups in total. The Hall–Kier alpha value is -4.33. The summed E-state index contributed by atoms with van der Waals surface area (Å²) in [7, 11) is 0. The van der Waals surface area contributed by atoms with Gasteiger partial charge in [0.1, 0.15) is 0 Å². The second-order valence-corrected chi connectivity index (χ2v) is 9.98. The van der Waals surface area contributed by atoms with Gasteiger partial charge in [-0.3, -0.25) is 14.1 Å². The zero-order valence-corrected chi connectivity index (χ0v) is 22.3. The number of benzene rings is 2. The Bertz CT molecular complexity index is 1580. The molecule has 0 aliphatic rings. The molecular weight excluding hydrogens is 474 g/mol. The molecule has 38 heavy (non-hydrogen) atoms. The van der Waals surface area contributed by atoms with Crippen LogP contribution in [0.5, 0.6) is 0 Å². The van der Waals surface area contributed by atoms with E-state index in [-0.39, 0.29) is 5.69 Å². The highest BCUT2D eigenvalue weighted by atomic mass is 16.1. The maximum absolute atomic E-state index is 13.8. The predicted octanol–water partition coefficient (Wildman–Crippen LogP) is 5.70. The summed E-state index contributed by atoms with van der Waals surface area (Å²) >= 11 is 0. The van der Waals surface area contributed by atoms with Crippen LogP contribution < -0.4 is 5.69 Å². The number of imidazole rings is 1. The van der Waals surface area contributed by atoms with E-state index in [9.17, 15) is 4.79 Å². The van der Waals surface area contributed by atoms with Gasteiger partial charge in [-0.2, -0.15) is 0 Å². The summed E-state index contributed by atoms with van der Waals surface area (Å²) in [6.45, 7) is 9.11. The number of hydrogen-bond acceptors (Lipinski definition) is 5. The quantitative estimate of drug-likeness (QED) is 0.276. The van der Waals surface area contributed by atoms with E-state index in [4.69, 9.17) is 0 Å². The second-order valence-electron chi connectivity index (χ2n) is 9.98. The lowest BCUT2D eigenvalue weighted by Crippen LogP contribution is -2.26. The second kappa shape index (κ2) is 11.0. The third-order valence-corrected chi connectivity index (χ3v) is 6.96. The average molecular weight is 508 g/mol.